The third-order valence-electron chi connectivity index (χ3n) is 4.03. The van der Waals surface area contributed by atoms with Crippen molar-refractivity contribution in [3.63, 3.8) is 0 Å². The molecular formula is C18H25N7. The van der Waals surface area contributed by atoms with Gasteiger partial charge in [-0.3, -0.25) is 9.67 Å². The molecule has 0 aliphatic carbocycles. The Kier molecular flexibility index (Phi) is 6.03. The summed E-state index contributed by atoms with van der Waals surface area (Å²) in [5, 5.41) is 10.9. The molecular weight excluding hydrogens is 314 g/mol. The molecule has 7 heteroatoms. The number of imidazole rings is 1. The van der Waals surface area contributed by atoms with Gasteiger partial charge in [-0.25, -0.2) is 4.98 Å². The number of aromatic nitrogens is 4. The van der Waals surface area contributed by atoms with Crippen molar-refractivity contribution >= 4 is 17.0 Å². The lowest BCUT2D eigenvalue weighted by atomic mass is 10.3. The molecule has 0 amide bonds. The van der Waals surface area contributed by atoms with Crippen molar-refractivity contribution in [3.05, 3.63) is 49.1 Å². The summed E-state index contributed by atoms with van der Waals surface area (Å²) in [6.45, 7) is 3.57. The lowest BCUT2D eigenvalue weighted by Crippen LogP contribution is -2.38. The highest BCUT2D eigenvalue weighted by Crippen LogP contribution is 2.11. The van der Waals surface area contributed by atoms with Crippen LogP contribution in [0.4, 0.5) is 0 Å². The van der Waals surface area contributed by atoms with E-state index < -0.39 is 0 Å². The van der Waals surface area contributed by atoms with E-state index in [1.165, 1.54) is 5.52 Å². The van der Waals surface area contributed by atoms with Gasteiger partial charge in [0.2, 0.25) is 0 Å². The average Bonchev–Trinajstić information content (AvgIpc) is 3.30. The maximum absolute atomic E-state index is 4.42. The van der Waals surface area contributed by atoms with Gasteiger partial charge in [0.05, 0.1) is 17.4 Å². The summed E-state index contributed by atoms with van der Waals surface area (Å²) in [6, 6.07) is 10.2. The summed E-state index contributed by atoms with van der Waals surface area (Å²) in [4.78, 5) is 8.68. The minimum absolute atomic E-state index is 0.843. The van der Waals surface area contributed by atoms with Crippen LogP contribution in [0, 0.1) is 0 Å². The number of para-hydroxylation sites is 2. The van der Waals surface area contributed by atoms with Crippen LogP contribution in [0.5, 0.6) is 0 Å². The third kappa shape index (κ3) is 4.82. The van der Waals surface area contributed by atoms with Crippen LogP contribution in [0.1, 0.15) is 12.8 Å². The Morgan fingerprint density at radius 3 is 2.64 bits per heavy atom. The first kappa shape index (κ1) is 17.0. The number of guanidine groups is 1. The quantitative estimate of drug-likeness (QED) is 0.373. The Hall–Kier alpha value is -2.83. The third-order valence-corrected chi connectivity index (χ3v) is 4.03. The monoisotopic (exact) mass is 339 g/mol. The Morgan fingerprint density at radius 1 is 1.08 bits per heavy atom. The SMILES string of the molecule is CN=C(NCCCn1cccn1)NCCCn1cnc2ccccc21. The maximum Gasteiger partial charge on any atom is 0.190 e. The molecule has 0 bridgehead atoms. The molecule has 1 aromatic carbocycles. The number of benzene rings is 1. The van der Waals surface area contributed by atoms with Crippen LogP contribution < -0.4 is 10.6 Å². The molecule has 0 aliphatic heterocycles. The van der Waals surface area contributed by atoms with Crippen molar-refractivity contribution in [2.45, 2.75) is 25.9 Å². The fourth-order valence-corrected chi connectivity index (χ4v) is 2.75. The van der Waals surface area contributed by atoms with Gasteiger partial charge in [0.15, 0.2) is 5.96 Å². The largest absolute Gasteiger partial charge is 0.356 e. The second-order valence-corrected chi connectivity index (χ2v) is 5.83. The van der Waals surface area contributed by atoms with Crippen LogP contribution in [0.2, 0.25) is 0 Å². The number of nitrogens with one attached hydrogen (secondary N) is 2. The molecule has 3 rings (SSSR count). The lowest BCUT2D eigenvalue weighted by molar-refractivity contribution is 0.568. The van der Waals surface area contributed by atoms with E-state index in [2.05, 4.69) is 36.3 Å². The number of aryl methyl sites for hydroxylation is 2. The van der Waals surface area contributed by atoms with Crippen LogP contribution in [0.25, 0.3) is 11.0 Å². The summed E-state index contributed by atoms with van der Waals surface area (Å²) in [5.74, 6) is 0.843. The van der Waals surface area contributed by atoms with Crippen molar-refractivity contribution in [1.82, 2.24) is 30.0 Å². The second-order valence-electron chi connectivity index (χ2n) is 5.83. The molecule has 0 radical (unpaired) electrons. The Balaban J connectivity index is 1.34. The first-order valence-electron chi connectivity index (χ1n) is 8.68. The minimum atomic E-state index is 0.843. The van der Waals surface area contributed by atoms with Crippen LogP contribution in [0.15, 0.2) is 54.0 Å². The Morgan fingerprint density at radius 2 is 1.88 bits per heavy atom. The van der Waals surface area contributed by atoms with E-state index in [1.807, 2.05) is 41.5 Å². The summed E-state index contributed by atoms with van der Waals surface area (Å²) in [6.07, 6.45) is 7.70. The number of rotatable bonds is 8. The molecule has 0 unspecified atom stereocenters. The van der Waals surface area contributed by atoms with Gasteiger partial charge in [-0.05, 0) is 31.0 Å². The summed E-state index contributed by atoms with van der Waals surface area (Å²) < 4.78 is 4.13. The predicted molar refractivity (Wildman–Crippen MR) is 101 cm³/mol. The molecule has 7 nitrogen and oxygen atoms in total. The van der Waals surface area contributed by atoms with Gasteiger partial charge in [0, 0.05) is 45.6 Å². The van der Waals surface area contributed by atoms with Crippen molar-refractivity contribution in [3.8, 4) is 0 Å². The molecule has 0 atom stereocenters. The minimum Gasteiger partial charge on any atom is -0.356 e. The first-order chi connectivity index (χ1) is 12.4. The number of hydrogen-bond donors (Lipinski definition) is 2. The maximum atomic E-state index is 4.42. The second kappa shape index (κ2) is 8.86. The zero-order valence-corrected chi connectivity index (χ0v) is 14.6. The van der Waals surface area contributed by atoms with Gasteiger partial charge in [0.25, 0.3) is 0 Å². The first-order valence-corrected chi connectivity index (χ1v) is 8.68. The van der Waals surface area contributed by atoms with E-state index in [4.69, 9.17) is 0 Å². The summed E-state index contributed by atoms with van der Waals surface area (Å²) in [5.41, 5.74) is 2.23. The number of nitrogens with zero attached hydrogens (tertiary/aromatic N) is 5. The molecule has 0 spiro atoms. The normalized spacial score (nSPS) is 11.8. The van der Waals surface area contributed by atoms with Gasteiger partial charge in [-0.2, -0.15) is 5.10 Å². The van der Waals surface area contributed by atoms with Gasteiger partial charge >= 0.3 is 0 Å². The van der Waals surface area contributed by atoms with Crippen molar-refractivity contribution < 1.29 is 0 Å². The van der Waals surface area contributed by atoms with Crippen molar-refractivity contribution in [2.24, 2.45) is 4.99 Å². The molecule has 2 aromatic heterocycles. The van der Waals surface area contributed by atoms with E-state index in [0.29, 0.717) is 0 Å². The topological polar surface area (TPSA) is 72.1 Å². The van der Waals surface area contributed by atoms with E-state index in [9.17, 15) is 0 Å². The van der Waals surface area contributed by atoms with E-state index in [0.717, 1.165) is 50.5 Å². The molecule has 3 aromatic rings. The number of fused-ring (bicyclic) bond motifs is 1. The summed E-state index contributed by atoms with van der Waals surface area (Å²) in [7, 11) is 1.80. The van der Waals surface area contributed by atoms with Gasteiger partial charge < -0.3 is 15.2 Å². The zero-order chi connectivity index (χ0) is 17.3. The molecule has 0 aliphatic rings. The molecule has 2 heterocycles. The number of hydrogen-bond acceptors (Lipinski definition) is 3. The van der Waals surface area contributed by atoms with Crippen molar-refractivity contribution in [1.29, 1.82) is 0 Å². The molecule has 132 valence electrons. The van der Waals surface area contributed by atoms with Crippen LogP contribution in [-0.4, -0.2) is 45.4 Å². The molecule has 0 saturated carbocycles. The lowest BCUT2D eigenvalue weighted by Gasteiger charge is -2.12. The fourth-order valence-electron chi connectivity index (χ4n) is 2.75. The van der Waals surface area contributed by atoms with Gasteiger partial charge in [-0.1, -0.05) is 12.1 Å². The zero-order valence-electron chi connectivity index (χ0n) is 14.6. The highest BCUT2D eigenvalue weighted by molar-refractivity contribution is 5.79. The Bertz CT molecular complexity index is 789. The van der Waals surface area contributed by atoms with Crippen molar-refractivity contribution in [2.75, 3.05) is 20.1 Å². The highest BCUT2D eigenvalue weighted by atomic mass is 15.3. The van der Waals surface area contributed by atoms with Gasteiger partial charge in [0.1, 0.15) is 0 Å². The Labute approximate surface area is 147 Å². The summed E-state index contributed by atoms with van der Waals surface area (Å²) >= 11 is 0. The average molecular weight is 339 g/mol. The number of aliphatic imine (C=N–C) groups is 1. The van der Waals surface area contributed by atoms with Crippen LogP contribution >= 0.6 is 0 Å². The van der Waals surface area contributed by atoms with E-state index >= 15 is 0 Å². The fraction of sp³-hybridized carbons (Fsp3) is 0.389. The standard InChI is InChI=1S/C18H25N7/c1-19-18(21-10-5-13-25-14-6-11-23-25)20-9-4-12-24-15-22-16-7-2-3-8-17(16)24/h2-3,6-8,11,14-15H,4-5,9-10,12-13H2,1H3,(H2,19,20,21). The molecule has 0 saturated heterocycles. The highest BCUT2D eigenvalue weighted by Gasteiger charge is 2.01. The van der Waals surface area contributed by atoms with Crippen LogP contribution in [-0.2, 0) is 13.1 Å². The smallest absolute Gasteiger partial charge is 0.190 e. The van der Waals surface area contributed by atoms with Gasteiger partial charge in [-0.15, -0.1) is 0 Å². The van der Waals surface area contributed by atoms with E-state index in [1.54, 1.807) is 13.2 Å². The van der Waals surface area contributed by atoms with Crippen LogP contribution in [0.3, 0.4) is 0 Å². The van der Waals surface area contributed by atoms with E-state index in [-0.39, 0.29) is 0 Å². The molecule has 0 fully saturated rings. The predicted octanol–water partition coefficient (Wildman–Crippen LogP) is 1.88. The molecule has 25 heavy (non-hydrogen) atoms. The molecule has 2 N–H and O–H groups in total.